The van der Waals surface area contributed by atoms with Gasteiger partial charge in [-0.3, -0.25) is 0 Å². The Kier molecular flexibility index (Phi) is 4.21. The number of rotatable bonds is 6. The molecule has 0 saturated heterocycles. The van der Waals surface area contributed by atoms with Crippen molar-refractivity contribution in [3.05, 3.63) is 71.3 Å². The number of hydrogen-bond donors (Lipinski definition) is 1. The molecule has 1 N–H and O–H groups in total. The molecule has 2 aromatic rings. The summed E-state index contributed by atoms with van der Waals surface area (Å²) in [6, 6.07) is 12.0. The minimum Gasteiger partial charge on any atom is -0.214 e. The number of nitrogens with one attached hydrogen (secondary N) is 1. The molecule has 0 radical (unpaired) electrons. The van der Waals surface area contributed by atoms with E-state index in [1.165, 1.54) is 30.3 Å². The molecule has 1 aliphatic rings. The second-order valence-electron chi connectivity index (χ2n) is 5.96. The monoisotopic (exact) mass is 337 g/mol. The molecule has 0 unspecified atom stereocenters. The van der Waals surface area contributed by atoms with E-state index in [9.17, 15) is 17.2 Å². The van der Waals surface area contributed by atoms with E-state index in [2.05, 4.69) is 4.72 Å². The van der Waals surface area contributed by atoms with Crippen molar-refractivity contribution in [2.45, 2.75) is 24.0 Å². The van der Waals surface area contributed by atoms with Crippen LogP contribution in [-0.4, -0.2) is 15.0 Å². The normalized spacial score (nSPS) is 16.3. The van der Waals surface area contributed by atoms with Gasteiger partial charge in [0.1, 0.15) is 11.6 Å². The molecule has 0 aliphatic heterocycles. The van der Waals surface area contributed by atoms with Crippen LogP contribution in [0.2, 0.25) is 0 Å². The molecular weight excluding hydrogens is 320 g/mol. The van der Waals surface area contributed by atoms with E-state index in [1.807, 2.05) is 0 Å². The van der Waals surface area contributed by atoms with Gasteiger partial charge < -0.3 is 0 Å². The molecule has 0 bridgehead atoms. The van der Waals surface area contributed by atoms with Crippen LogP contribution >= 0.6 is 0 Å². The van der Waals surface area contributed by atoms with E-state index in [0.29, 0.717) is 0 Å². The molecule has 0 heterocycles. The third-order valence-corrected chi connectivity index (χ3v) is 5.52. The topological polar surface area (TPSA) is 46.2 Å². The van der Waals surface area contributed by atoms with Gasteiger partial charge in [-0.2, -0.15) is 0 Å². The molecule has 1 saturated carbocycles. The highest BCUT2D eigenvalue weighted by molar-refractivity contribution is 7.88. The second kappa shape index (κ2) is 6.02. The Hall–Kier alpha value is -1.79. The van der Waals surface area contributed by atoms with Gasteiger partial charge in [-0.15, -0.1) is 0 Å². The zero-order valence-corrected chi connectivity index (χ0v) is 13.2. The lowest BCUT2D eigenvalue weighted by Crippen LogP contribution is -2.33. The van der Waals surface area contributed by atoms with Crippen LogP contribution < -0.4 is 4.72 Å². The van der Waals surface area contributed by atoms with Crippen LogP contribution in [0.25, 0.3) is 0 Å². The van der Waals surface area contributed by atoms with Crippen LogP contribution in [0.1, 0.15) is 24.0 Å². The molecule has 1 aliphatic carbocycles. The molecule has 0 spiro atoms. The number of halogens is 2. The minimum absolute atomic E-state index is 0.145. The molecule has 6 heteroatoms. The summed E-state index contributed by atoms with van der Waals surface area (Å²) < 4.78 is 53.5. The fourth-order valence-corrected chi connectivity index (χ4v) is 3.88. The lowest BCUT2D eigenvalue weighted by atomic mass is 9.96. The maximum atomic E-state index is 13.6. The Morgan fingerprint density at radius 2 is 1.65 bits per heavy atom. The standard InChI is InChI=1S/C17H17F2NO2S/c18-15-7-5-14(6-8-15)17(9-10-17)12-20-23(21,22)11-13-3-1-2-4-16(13)19/h1-8,20H,9-12H2. The first kappa shape index (κ1) is 16.1. The van der Waals surface area contributed by atoms with Crippen molar-refractivity contribution in [3.63, 3.8) is 0 Å². The summed E-state index contributed by atoms with van der Waals surface area (Å²) in [5.41, 5.74) is 0.801. The van der Waals surface area contributed by atoms with Crippen LogP contribution in [0, 0.1) is 11.6 Å². The highest BCUT2D eigenvalue weighted by Gasteiger charge is 2.44. The summed E-state index contributed by atoms with van der Waals surface area (Å²) in [7, 11) is -3.63. The molecule has 3 nitrogen and oxygen atoms in total. The Morgan fingerprint density at radius 1 is 1.00 bits per heavy atom. The smallest absolute Gasteiger partial charge is 0.214 e. The van der Waals surface area contributed by atoms with E-state index >= 15 is 0 Å². The molecule has 3 rings (SSSR count). The van der Waals surface area contributed by atoms with Crippen molar-refractivity contribution in [3.8, 4) is 0 Å². The highest BCUT2D eigenvalue weighted by atomic mass is 32.2. The summed E-state index contributed by atoms with van der Waals surface area (Å²) in [5, 5.41) is 0. The van der Waals surface area contributed by atoms with Crippen molar-refractivity contribution in [2.75, 3.05) is 6.54 Å². The zero-order chi connectivity index (χ0) is 16.5. The number of hydrogen-bond acceptors (Lipinski definition) is 2. The zero-order valence-electron chi connectivity index (χ0n) is 12.4. The molecule has 0 amide bonds. The van der Waals surface area contributed by atoms with Gasteiger partial charge in [0, 0.05) is 17.5 Å². The molecule has 2 aromatic carbocycles. The highest BCUT2D eigenvalue weighted by Crippen LogP contribution is 2.47. The predicted octanol–water partition coefficient (Wildman–Crippen LogP) is 3.12. The van der Waals surface area contributed by atoms with Gasteiger partial charge in [-0.1, -0.05) is 30.3 Å². The number of benzene rings is 2. The maximum absolute atomic E-state index is 13.6. The average molecular weight is 337 g/mol. The fourth-order valence-electron chi connectivity index (χ4n) is 2.64. The van der Waals surface area contributed by atoms with Gasteiger partial charge in [-0.25, -0.2) is 21.9 Å². The largest absolute Gasteiger partial charge is 0.215 e. The first-order valence-corrected chi connectivity index (χ1v) is 9.02. The SMILES string of the molecule is O=S(=O)(Cc1ccccc1F)NCC1(c2ccc(F)cc2)CC1. The molecule has 0 atom stereocenters. The van der Waals surface area contributed by atoms with Crippen molar-refractivity contribution in [1.29, 1.82) is 0 Å². The van der Waals surface area contributed by atoms with Gasteiger partial charge in [0.15, 0.2) is 0 Å². The summed E-state index contributed by atoms with van der Waals surface area (Å²) in [6.45, 7) is 0.245. The van der Waals surface area contributed by atoms with Crippen molar-refractivity contribution in [1.82, 2.24) is 4.72 Å². The second-order valence-corrected chi connectivity index (χ2v) is 7.77. The van der Waals surface area contributed by atoms with E-state index in [1.54, 1.807) is 18.2 Å². The first-order valence-electron chi connectivity index (χ1n) is 7.37. The van der Waals surface area contributed by atoms with Gasteiger partial charge >= 0.3 is 0 Å². The van der Waals surface area contributed by atoms with Crippen LogP contribution in [0.3, 0.4) is 0 Å². The Balaban J connectivity index is 1.67. The summed E-state index contributed by atoms with van der Waals surface area (Å²) in [6.07, 6.45) is 1.70. The summed E-state index contributed by atoms with van der Waals surface area (Å²) in [4.78, 5) is 0. The van der Waals surface area contributed by atoms with E-state index in [4.69, 9.17) is 0 Å². The van der Waals surface area contributed by atoms with Crippen LogP contribution in [0.15, 0.2) is 48.5 Å². The predicted molar refractivity (Wildman–Crippen MR) is 84.3 cm³/mol. The third kappa shape index (κ3) is 3.76. The van der Waals surface area contributed by atoms with Crippen LogP contribution in [0.5, 0.6) is 0 Å². The minimum atomic E-state index is -3.63. The Morgan fingerprint density at radius 3 is 2.26 bits per heavy atom. The molecule has 122 valence electrons. The number of sulfonamides is 1. The average Bonchev–Trinajstić information content (AvgIpc) is 3.30. The van der Waals surface area contributed by atoms with E-state index < -0.39 is 15.8 Å². The lowest BCUT2D eigenvalue weighted by Gasteiger charge is -2.17. The van der Waals surface area contributed by atoms with Gasteiger partial charge in [0.2, 0.25) is 10.0 Å². The van der Waals surface area contributed by atoms with Crippen molar-refractivity contribution in [2.24, 2.45) is 0 Å². The third-order valence-electron chi connectivity index (χ3n) is 4.24. The maximum Gasteiger partial charge on any atom is 0.215 e. The molecule has 1 fully saturated rings. The van der Waals surface area contributed by atoms with E-state index in [-0.39, 0.29) is 29.1 Å². The fraction of sp³-hybridized carbons (Fsp3) is 0.294. The van der Waals surface area contributed by atoms with Crippen LogP contribution in [0.4, 0.5) is 8.78 Å². The van der Waals surface area contributed by atoms with Crippen molar-refractivity contribution < 1.29 is 17.2 Å². The van der Waals surface area contributed by atoms with Gasteiger partial charge in [0.05, 0.1) is 5.75 Å². The lowest BCUT2D eigenvalue weighted by molar-refractivity contribution is 0.561. The van der Waals surface area contributed by atoms with Gasteiger partial charge in [0.25, 0.3) is 0 Å². The van der Waals surface area contributed by atoms with E-state index in [0.717, 1.165) is 18.4 Å². The van der Waals surface area contributed by atoms with Gasteiger partial charge in [-0.05, 0) is 36.6 Å². The molecule has 23 heavy (non-hydrogen) atoms. The first-order chi connectivity index (χ1) is 10.9. The summed E-state index contributed by atoms with van der Waals surface area (Å²) >= 11 is 0. The Bertz CT molecular complexity index is 800. The molecule has 0 aromatic heterocycles. The van der Waals surface area contributed by atoms with Crippen LogP contribution in [-0.2, 0) is 21.2 Å². The summed E-state index contributed by atoms with van der Waals surface area (Å²) in [5.74, 6) is -1.23. The van der Waals surface area contributed by atoms with Crippen molar-refractivity contribution >= 4 is 10.0 Å². The quantitative estimate of drug-likeness (QED) is 0.880. The Labute approximate surface area is 134 Å². The molecular formula is C17H17F2NO2S.